The highest BCUT2D eigenvalue weighted by atomic mass is 35.5. The Morgan fingerprint density at radius 3 is 2.57 bits per heavy atom. The molecule has 0 radical (unpaired) electrons. The normalized spacial score (nSPS) is 10.6. The molecule has 28 heavy (non-hydrogen) atoms. The lowest BCUT2D eigenvalue weighted by atomic mass is 10.1. The summed E-state index contributed by atoms with van der Waals surface area (Å²) >= 11 is 12.0. The third-order valence-electron chi connectivity index (χ3n) is 3.88. The average Bonchev–Trinajstić information content (AvgIpc) is 2.69. The maximum absolute atomic E-state index is 14.7. The summed E-state index contributed by atoms with van der Waals surface area (Å²) in [6.07, 6.45) is 0. The van der Waals surface area contributed by atoms with Crippen molar-refractivity contribution in [2.24, 2.45) is 0 Å². The van der Waals surface area contributed by atoms with Gasteiger partial charge in [0.2, 0.25) is 0 Å². The van der Waals surface area contributed by atoms with Crippen LogP contribution in [0, 0.1) is 5.82 Å². The summed E-state index contributed by atoms with van der Waals surface area (Å²) in [5.41, 5.74) is 6.52. The van der Waals surface area contributed by atoms with Crippen LogP contribution in [0.2, 0.25) is 10.0 Å². The van der Waals surface area contributed by atoms with Gasteiger partial charge in [0.15, 0.2) is 23.1 Å². The molecular weight excluding hydrogens is 406 g/mol. The predicted octanol–water partition coefficient (Wildman–Crippen LogP) is 4.11. The third-order valence-corrected chi connectivity index (χ3v) is 4.55. The summed E-state index contributed by atoms with van der Waals surface area (Å²) in [5.74, 6) is -1.76. The Hall–Kier alpha value is -2.90. The fourth-order valence-electron chi connectivity index (χ4n) is 2.49. The number of amides is 1. The lowest BCUT2D eigenvalue weighted by molar-refractivity contribution is 0.0946. The number of nitrogens with two attached hydrogens (primary N) is 1. The zero-order valence-corrected chi connectivity index (χ0v) is 16.2. The molecule has 9 heteroatoms. The van der Waals surface area contributed by atoms with Gasteiger partial charge in [-0.15, -0.1) is 0 Å². The van der Waals surface area contributed by atoms with Gasteiger partial charge in [0.1, 0.15) is 10.8 Å². The van der Waals surface area contributed by atoms with Crippen LogP contribution in [0.1, 0.15) is 16.1 Å². The Kier molecular flexibility index (Phi) is 5.96. The highest BCUT2D eigenvalue weighted by molar-refractivity contribution is 6.35. The maximum atomic E-state index is 14.7. The number of nitrogens with zero attached hydrogens (tertiary/aromatic N) is 2. The largest absolute Gasteiger partial charge is 0.492 e. The van der Waals surface area contributed by atoms with Crippen LogP contribution in [0.15, 0.2) is 42.5 Å². The minimum absolute atomic E-state index is 0.0262. The van der Waals surface area contributed by atoms with Crippen molar-refractivity contribution in [3.63, 3.8) is 0 Å². The molecule has 0 aliphatic heterocycles. The van der Waals surface area contributed by atoms with Crippen LogP contribution < -0.4 is 15.8 Å². The number of hydrogen-bond acceptors (Lipinski definition) is 5. The first-order valence-electron chi connectivity index (χ1n) is 8.10. The summed E-state index contributed by atoms with van der Waals surface area (Å²) in [7, 11) is 1.29. The number of ether oxygens (including phenoxy) is 1. The van der Waals surface area contributed by atoms with Gasteiger partial charge in [-0.1, -0.05) is 53.5 Å². The molecule has 0 bridgehead atoms. The molecule has 2 aromatic carbocycles. The monoisotopic (exact) mass is 420 g/mol. The predicted molar refractivity (Wildman–Crippen MR) is 106 cm³/mol. The van der Waals surface area contributed by atoms with E-state index in [4.69, 9.17) is 33.7 Å². The van der Waals surface area contributed by atoms with Crippen molar-refractivity contribution < 1.29 is 13.9 Å². The van der Waals surface area contributed by atoms with E-state index in [9.17, 15) is 9.18 Å². The Bertz CT molecular complexity index is 1030. The number of aromatic nitrogens is 2. The number of halogens is 3. The van der Waals surface area contributed by atoms with E-state index in [0.29, 0.717) is 0 Å². The van der Waals surface area contributed by atoms with Crippen molar-refractivity contribution in [3.05, 3.63) is 69.6 Å². The molecule has 0 aliphatic rings. The van der Waals surface area contributed by atoms with E-state index in [-0.39, 0.29) is 45.2 Å². The molecule has 0 atom stereocenters. The maximum Gasteiger partial charge on any atom is 0.271 e. The first-order chi connectivity index (χ1) is 13.4. The molecule has 1 heterocycles. The fraction of sp³-hybridized carbons (Fsp3) is 0.105. The van der Waals surface area contributed by atoms with E-state index < -0.39 is 11.7 Å². The molecule has 3 N–H and O–H groups in total. The van der Waals surface area contributed by atoms with Crippen LogP contribution in [-0.4, -0.2) is 23.0 Å². The van der Waals surface area contributed by atoms with E-state index in [1.807, 2.05) is 30.3 Å². The summed E-state index contributed by atoms with van der Waals surface area (Å²) in [6.45, 7) is 0.262. The van der Waals surface area contributed by atoms with Crippen LogP contribution in [-0.2, 0) is 6.54 Å². The first kappa shape index (κ1) is 19.9. The zero-order chi connectivity index (χ0) is 20.3. The fourth-order valence-corrected chi connectivity index (χ4v) is 2.88. The Balaban J connectivity index is 1.96. The Labute approximate surface area is 170 Å². The number of carbonyl (C=O) groups is 1. The molecular formula is C19H15Cl2FN4O2. The molecule has 0 spiro atoms. The molecule has 6 nitrogen and oxygen atoms in total. The highest BCUT2D eigenvalue weighted by Gasteiger charge is 2.22. The van der Waals surface area contributed by atoms with Crippen molar-refractivity contribution in [1.82, 2.24) is 15.3 Å². The van der Waals surface area contributed by atoms with Crippen molar-refractivity contribution in [2.45, 2.75) is 6.54 Å². The molecule has 0 fully saturated rings. The van der Waals surface area contributed by atoms with Gasteiger partial charge in [-0.05, 0) is 17.7 Å². The molecule has 144 valence electrons. The van der Waals surface area contributed by atoms with E-state index >= 15 is 0 Å². The second-order valence-corrected chi connectivity index (χ2v) is 6.49. The van der Waals surface area contributed by atoms with Crippen molar-refractivity contribution in [2.75, 3.05) is 12.8 Å². The summed E-state index contributed by atoms with van der Waals surface area (Å²) in [6, 6.07) is 12.1. The lowest BCUT2D eigenvalue weighted by Gasteiger charge is -2.12. The molecule has 0 unspecified atom stereocenters. The number of nitrogen functional groups attached to an aromatic ring is 1. The number of rotatable bonds is 5. The third kappa shape index (κ3) is 4.00. The number of hydrogen-bond donors (Lipinski definition) is 2. The number of carbonyl (C=O) groups excluding carboxylic acids is 1. The van der Waals surface area contributed by atoms with E-state index in [1.54, 1.807) is 0 Å². The van der Waals surface area contributed by atoms with Crippen LogP contribution in [0.5, 0.6) is 5.75 Å². The van der Waals surface area contributed by atoms with Crippen LogP contribution in [0.25, 0.3) is 11.4 Å². The van der Waals surface area contributed by atoms with Crippen molar-refractivity contribution >= 4 is 34.9 Å². The molecule has 1 aromatic heterocycles. The van der Waals surface area contributed by atoms with Gasteiger partial charge in [-0.3, -0.25) is 4.79 Å². The Morgan fingerprint density at radius 2 is 1.89 bits per heavy atom. The quantitative estimate of drug-likeness (QED) is 0.647. The summed E-state index contributed by atoms with van der Waals surface area (Å²) in [5, 5.41) is 2.67. The minimum Gasteiger partial charge on any atom is -0.492 e. The SMILES string of the molecule is COc1c(Cl)ccc(-c2nc(N)c(Cl)c(C(=O)NCc3ccccc3)n2)c1F. The zero-order valence-electron chi connectivity index (χ0n) is 14.7. The Morgan fingerprint density at radius 1 is 1.18 bits per heavy atom. The van der Waals surface area contributed by atoms with Gasteiger partial charge in [0.05, 0.1) is 17.7 Å². The number of anilines is 1. The second-order valence-electron chi connectivity index (χ2n) is 5.71. The highest BCUT2D eigenvalue weighted by Crippen LogP contribution is 2.34. The van der Waals surface area contributed by atoms with Gasteiger partial charge < -0.3 is 15.8 Å². The molecule has 1 amide bonds. The van der Waals surface area contributed by atoms with Gasteiger partial charge in [-0.25, -0.2) is 14.4 Å². The van der Waals surface area contributed by atoms with Gasteiger partial charge in [0, 0.05) is 6.54 Å². The molecule has 0 aliphatic carbocycles. The number of benzene rings is 2. The summed E-state index contributed by atoms with van der Waals surface area (Å²) < 4.78 is 19.6. The van der Waals surface area contributed by atoms with E-state index in [2.05, 4.69) is 15.3 Å². The first-order valence-corrected chi connectivity index (χ1v) is 8.85. The molecule has 3 aromatic rings. The van der Waals surface area contributed by atoms with Gasteiger partial charge in [0.25, 0.3) is 5.91 Å². The minimum atomic E-state index is -0.771. The average molecular weight is 421 g/mol. The molecule has 0 saturated heterocycles. The number of methoxy groups -OCH3 is 1. The smallest absolute Gasteiger partial charge is 0.271 e. The van der Waals surface area contributed by atoms with E-state index in [1.165, 1.54) is 19.2 Å². The second kappa shape index (κ2) is 8.41. The van der Waals surface area contributed by atoms with Crippen LogP contribution >= 0.6 is 23.2 Å². The van der Waals surface area contributed by atoms with Gasteiger partial charge >= 0.3 is 0 Å². The summed E-state index contributed by atoms with van der Waals surface area (Å²) in [4.78, 5) is 20.6. The molecule has 0 saturated carbocycles. The van der Waals surface area contributed by atoms with Crippen LogP contribution in [0.3, 0.4) is 0 Å². The van der Waals surface area contributed by atoms with Crippen molar-refractivity contribution in [1.29, 1.82) is 0 Å². The van der Waals surface area contributed by atoms with Crippen molar-refractivity contribution in [3.8, 4) is 17.1 Å². The number of nitrogens with one attached hydrogen (secondary N) is 1. The lowest BCUT2D eigenvalue weighted by Crippen LogP contribution is -2.25. The molecule has 3 rings (SSSR count). The van der Waals surface area contributed by atoms with E-state index in [0.717, 1.165) is 5.56 Å². The van der Waals surface area contributed by atoms with Crippen LogP contribution in [0.4, 0.5) is 10.2 Å². The topological polar surface area (TPSA) is 90.1 Å². The van der Waals surface area contributed by atoms with Gasteiger partial charge in [-0.2, -0.15) is 0 Å². The standard InChI is InChI=1S/C19H15Cl2FN4O2/c1-28-16-12(20)8-7-11(14(16)22)18-25-15(13(21)17(23)26-18)19(27)24-9-10-5-3-2-4-6-10/h2-8H,9H2,1H3,(H,24,27)(H2,23,25,26).